The summed E-state index contributed by atoms with van der Waals surface area (Å²) in [5.74, 6) is 0. The third-order valence-corrected chi connectivity index (χ3v) is 3.63. The molecule has 0 radical (unpaired) electrons. The van der Waals surface area contributed by atoms with E-state index in [1.54, 1.807) is 0 Å². The monoisotopic (exact) mass is 218 g/mol. The molecule has 1 aliphatic heterocycles. The third kappa shape index (κ3) is 2.38. The predicted octanol–water partition coefficient (Wildman–Crippen LogP) is 2.22. The fourth-order valence-electron chi connectivity index (χ4n) is 2.30. The molecule has 0 saturated carbocycles. The Hall–Kier alpha value is -1.02. The first-order valence-corrected chi connectivity index (χ1v) is 6.21. The zero-order valence-corrected chi connectivity index (χ0v) is 10.6. The number of aryl methyl sites for hydroxylation is 1. The second-order valence-electron chi connectivity index (χ2n) is 4.86. The van der Waals surface area contributed by atoms with Crippen LogP contribution in [0.25, 0.3) is 0 Å². The lowest BCUT2D eigenvalue weighted by molar-refractivity contribution is 0.565. The number of rotatable bonds is 4. The number of nitrogens with zero attached hydrogens (tertiary/aromatic N) is 1. The second kappa shape index (κ2) is 4.88. The molecular weight excluding hydrogens is 196 g/mol. The lowest BCUT2D eigenvalue weighted by Gasteiger charge is -2.13. The lowest BCUT2D eigenvalue weighted by atomic mass is 10.0. The average molecular weight is 218 g/mol. The van der Waals surface area contributed by atoms with E-state index in [1.807, 2.05) is 7.05 Å². The lowest BCUT2D eigenvalue weighted by Crippen LogP contribution is -2.21. The van der Waals surface area contributed by atoms with Gasteiger partial charge in [-0.15, -0.1) is 0 Å². The van der Waals surface area contributed by atoms with Crippen LogP contribution in [0.5, 0.6) is 0 Å². The zero-order valence-electron chi connectivity index (χ0n) is 10.6. The molecule has 16 heavy (non-hydrogen) atoms. The highest BCUT2D eigenvalue weighted by molar-refractivity contribution is 5.58. The second-order valence-corrected chi connectivity index (χ2v) is 4.86. The maximum Gasteiger partial charge on any atom is 0.0397 e. The summed E-state index contributed by atoms with van der Waals surface area (Å²) in [6.07, 6.45) is 3.60. The van der Waals surface area contributed by atoms with E-state index < -0.39 is 0 Å². The Morgan fingerprint density at radius 2 is 2.25 bits per heavy atom. The van der Waals surface area contributed by atoms with Crippen LogP contribution in [0.15, 0.2) is 18.2 Å². The van der Waals surface area contributed by atoms with Gasteiger partial charge in [-0.1, -0.05) is 12.1 Å². The van der Waals surface area contributed by atoms with Crippen LogP contribution in [0.2, 0.25) is 0 Å². The molecule has 88 valence electrons. The average Bonchev–Trinajstić information content (AvgIpc) is 2.67. The van der Waals surface area contributed by atoms with Crippen LogP contribution >= 0.6 is 0 Å². The summed E-state index contributed by atoms with van der Waals surface area (Å²) in [4.78, 5) is 2.34. The number of hydrogen-bond donors (Lipinski definition) is 1. The summed E-state index contributed by atoms with van der Waals surface area (Å²) >= 11 is 0. The minimum Gasteiger partial charge on any atom is -0.374 e. The molecule has 0 aromatic heterocycles. The van der Waals surface area contributed by atoms with Crippen molar-refractivity contribution in [3.05, 3.63) is 29.3 Å². The number of fused-ring (bicyclic) bond motifs is 1. The van der Waals surface area contributed by atoms with Gasteiger partial charge in [0, 0.05) is 25.3 Å². The molecule has 0 bridgehead atoms. The topological polar surface area (TPSA) is 15.3 Å². The van der Waals surface area contributed by atoms with Gasteiger partial charge in [-0.25, -0.2) is 0 Å². The van der Waals surface area contributed by atoms with Crippen molar-refractivity contribution >= 4 is 5.69 Å². The highest BCUT2D eigenvalue weighted by atomic mass is 15.1. The Kier molecular flexibility index (Phi) is 3.49. The molecule has 0 saturated heterocycles. The van der Waals surface area contributed by atoms with Crippen LogP contribution in [-0.4, -0.2) is 26.7 Å². The minimum absolute atomic E-state index is 0.607. The molecular formula is C14H22N2. The van der Waals surface area contributed by atoms with Crippen molar-refractivity contribution in [2.24, 2.45) is 0 Å². The molecule has 0 spiro atoms. The van der Waals surface area contributed by atoms with E-state index in [0.29, 0.717) is 6.04 Å². The summed E-state index contributed by atoms with van der Waals surface area (Å²) in [6.45, 7) is 3.41. The first-order chi connectivity index (χ1) is 7.70. The van der Waals surface area contributed by atoms with Gasteiger partial charge in [0.1, 0.15) is 0 Å². The fourth-order valence-corrected chi connectivity index (χ4v) is 2.30. The summed E-state index contributed by atoms with van der Waals surface area (Å²) in [6, 6.07) is 7.56. The van der Waals surface area contributed by atoms with Crippen molar-refractivity contribution in [2.45, 2.75) is 32.2 Å². The van der Waals surface area contributed by atoms with Gasteiger partial charge in [-0.2, -0.15) is 0 Å². The Bertz CT molecular complexity index is 360. The van der Waals surface area contributed by atoms with Crippen LogP contribution in [0.4, 0.5) is 5.69 Å². The van der Waals surface area contributed by atoms with Gasteiger partial charge >= 0.3 is 0 Å². The molecule has 1 unspecified atom stereocenters. The maximum absolute atomic E-state index is 3.29. The fraction of sp³-hybridized carbons (Fsp3) is 0.571. The van der Waals surface area contributed by atoms with E-state index >= 15 is 0 Å². The molecule has 1 N–H and O–H groups in total. The van der Waals surface area contributed by atoms with Crippen LogP contribution in [0, 0.1) is 0 Å². The highest BCUT2D eigenvalue weighted by Gasteiger charge is 2.15. The van der Waals surface area contributed by atoms with Crippen molar-refractivity contribution in [3.63, 3.8) is 0 Å². The van der Waals surface area contributed by atoms with Crippen LogP contribution in [0.1, 0.15) is 24.5 Å². The van der Waals surface area contributed by atoms with Gasteiger partial charge in [0.05, 0.1) is 0 Å². The van der Waals surface area contributed by atoms with E-state index in [1.165, 1.54) is 42.6 Å². The largest absolute Gasteiger partial charge is 0.374 e. The Morgan fingerprint density at radius 3 is 3.00 bits per heavy atom. The molecule has 2 nitrogen and oxygen atoms in total. The van der Waals surface area contributed by atoms with Gasteiger partial charge in [-0.05, 0) is 50.4 Å². The number of anilines is 1. The van der Waals surface area contributed by atoms with Crippen molar-refractivity contribution in [2.75, 3.05) is 25.5 Å². The Morgan fingerprint density at radius 1 is 1.44 bits per heavy atom. The molecule has 0 amide bonds. The van der Waals surface area contributed by atoms with Crippen LogP contribution in [0.3, 0.4) is 0 Å². The summed E-state index contributed by atoms with van der Waals surface area (Å²) in [5, 5.41) is 3.29. The molecule has 0 fully saturated rings. The standard InChI is InChI=1S/C14H22N2/c1-11(15-2)4-5-12-6-7-14-13(10-12)8-9-16(14)3/h6-7,10-11,15H,4-5,8-9H2,1-3H3. The van der Waals surface area contributed by atoms with E-state index in [0.717, 1.165) is 0 Å². The number of hydrogen-bond acceptors (Lipinski definition) is 2. The van der Waals surface area contributed by atoms with Crippen LogP contribution < -0.4 is 10.2 Å². The van der Waals surface area contributed by atoms with Crippen molar-refractivity contribution in [1.82, 2.24) is 5.32 Å². The summed E-state index contributed by atoms with van der Waals surface area (Å²) < 4.78 is 0. The normalized spacial score (nSPS) is 16.3. The zero-order chi connectivity index (χ0) is 11.5. The van der Waals surface area contributed by atoms with Gasteiger partial charge in [0.25, 0.3) is 0 Å². The maximum atomic E-state index is 3.29. The molecule has 2 rings (SSSR count). The van der Waals surface area contributed by atoms with Gasteiger partial charge in [0.15, 0.2) is 0 Å². The van der Waals surface area contributed by atoms with Crippen molar-refractivity contribution in [3.8, 4) is 0 Å². The first kappa shape index (κ1) is 11.5. The molecule has 1 aromatic rings. The van der Waals surface area contributed by atoms with E-state index in [4.69, 9.17) is 0 Å². The highest BCUT2D eigenvalue weighted by Crippen LogP contribution is 2.27. The first-order valence-electron chi connectivity index (χ1n) is 6.21. The SMILES string of the molecule is CNC(C)CCc1ccc2c(c1)CCN2C. The molecule has 0 aliphatic carbocycles. The van der Waals surface area contributed by atoms with E-state index in [2.05, 4.69) is 42.4 Å². The molecule has 1 aromatic carbocycles. The van der Waals surface area contributed by atoms with Crippen molar-refractivity contribution in [1.29, 1.82) is 0 Å². The number of nitrogens with one attached hydrogen (secondary N) is 1. The quantitative estimate of drug-likeness (QED) is 0.833. The van der Waals surface area contributed by atoms with E-state index in [-0.39, 0.29) is 0 Å². The summed E-state index contributed by atoms with van der Waals surface area (Å²) in [7, 11) is 4.21. The molecule has 1 atom stereocenters. The minimum atomic E-state index is 0.607. The van der Waals surface area contributed by atoms with Gasteiger partial charge in [-0.3, -0.25) is 0 Å². The number of likely N-dealkylation sites (N-methyl/N-ethyl adjacent to an activating group) is 1. The van der Waals surface area contributed by atoms with Gasteiger partial charge in [0.2, 0.25) is 0 Å². The summed E-state index contributed by atoms with van der Waals surface area (Å²) in [5.41, 5.74) is 4.43. The Balaban J connectivity index is 2.02. The van der Waals surface area contributed by atoms with E-state index in [9.17, 15) is 0 Å². The smallest absolute Gasteiger partial charge is 0.0397 e. The number of benzene rings is 1. The Labute approximate surface area is 98.7 Å². The third-order valence-electron chi connectivity index (χ3n) is 3.63. The predicted molar refractivity (Wildman–Crippen MR) is 70.3 cm³/mol. The molecule has 1 heterocycles. The van der Waals surface area contributed by atoms with Gasteiger partial charge < -0.3 is 10.2 Å². The van der Waals surface area contributed by atoms with Crippen molar-refractivity contribution < 1.29 is 0 Å². The molecule has 1 aliphatic rings. The molecule has 2 heteroatoms. The van der Waals surface area contributed by atoms with Crippen LogP contribution in [-0.2, 0) is 12.8 Å².